The van der Waals surface area contributed by atoms with Crippen LogP contribution in [0.5, 0.6) is 0 Å². The predicted molar refractivity (Wildman–Crippen MR) is 86.3 cm³/mol. The van der Waals surface area contributed by atoms with Gasteiger partial charge in [0.2, 0.25) is 0 Å². The normalized spacial score (nSPS) is 14.7. The molecule has 0 fully saturated rings. The van der Waals surface area contributed by atoms with Gasteiger partial charge in [-0.1, -0.05) is 19.1 Å². The van der Waals surface area contributed by atoms with E-state index >= 15 is 0 Å². The van der Waals surface area contributed by atoms with Crippen molar-refractivity contribution in [2.45, 2.75) is 19.9 Å². The lowest BCUT2D eigenvalue weighted by Crippen LogP contribution is -2.29. The smallest absolute Gasteiger partial charge is 0.260 e. The van der Waals surface area contributed by atoms with Crippen molar-refractivity contribution in [2.24, 2.45) is 0 Å². The van der Waals surface area contributed by atoms with Gasteiger partial charge in [0.15, 0.2) is 5.13 Å². The van der Waals surface area contributed by atoms with Gasteiger partial charge in [-0.25, -0.2) is 4.98 Å². The number of hydrogen-bond acceptors (Lipinski definition) is 5. The summed E-state index contributed by atoms with van der Waals surface area (Å²) in [5.41, 5.74) is 1.58. The van der Waals surface area contributed by atoms with Crippen molar-refractivity contribution in [3.05, 3.63) is 39.1 Å². The monoisotopic (exact) mass is 320 g/mol. The molecule has 5 nitrogen and oxygen atoms in total. The molecule has 0 aliphatic carbocycles. The van der Waals surface area contributed by atoms with Gasteiger partial charge in [-0.3, -0.25) is 15.0 Å². The zero-order chi connectivity index (χ0) is 14.8. The second kappa shape index (κ2) is 6.05. The molecule has 0 unspecified atom stereocenters. The van der Waals surface area contributed by atoms with Crippen LogP contribution in [-0.2, 0) is 13.0 Å². The van der Waals surface area contributed by atoms with Crippen molar-refractivity contribution in [2.75, 3.05) is 18.4 Å². The third-order valence-corrected chi connectivity index (χ3v) is 4.88. The molecular weight excluding hydrogens is 304 g/mol. The zero-order valence-corrected chi connectivity index (χ0v) is 13.3. The Morgan fingerprint density at radius 3 is 3.24 bits per heavy atom. The number of aromatic amines is 1. The standard InChI is InChI=1S/C14H16N4OS2/c1-2-18-7-5-10-11(8-18)21-14(16-10)17-12(19)9-4-3-6-15-13(9)20/h3-4,6H,2,5,7-8H2,1H3,(H,15,20)(H,16,17,19). The summed E-state index contributed by atoms with van der Waals surface area (Å²) >= 11 is 6.68. The maximum atomic E-state index is 12.2. The van der Waals surface area contributed by atoms with Gasteiger partial charge in [0.05, 0.1) is 11.3 Å². The zero-order valence-electron chi connectivity index (χ0n) is 11.7. The van der Waals surface area contributed by atoms with E-state index in [1.54, 1.807) is 29.7 Å². The molecule has 1 amide bonds. The van der Waals surface area contributed by atoms with E-state index in [4.69, 9.17) is 12.2 Å². The Labute approximate surface area is 132 Å². The van der Waals surface area contributed by atoms with Gasteiger partial charge in [0.1, 0.15) is 4.64 Å². The molecule has 1 aliphatic heterocycles. The van der Waals surface area contributed by atoms with Crippen LogP contribution >= 0.6 is 23.6 Å². The molecule has 0 bridgehead atoms. The Bertz CT molecular complexity index is 722. The maximum Gasteiger partial charge on any atom is 0.260 e. The van der Waals surface area contributed by atoms with Gasteiger partial charge in [-0.15, -0.1) is 11.3 Å². The van der Waals surface area contributed by atoms with Crippen LogP contribution in [0, 0.1) is 4.64 Å². The Morgan fingerprint density at radius 2 is 2.48 bits per heavy atom. The van der Waals surface area contributed by atoms with Crippen molar-refractivity contribution in [3.8, 4) is 0 Å². The minimum absolute atomic E-state index is 0.213. The van der Waals surface area contributed by atoms with Crippen molar-refractivity contribution in [3.63, 3.8) is 0 Å². The molecule has 0 aromatic carbocycles. The van der Waals surface area contributed by atoms with E-state index in [9.17, 15) is 4.79 Å². The molecule has 1 aliphatic rings. The number of carbonyl (C=O) groups excluding carboxylic acids is 1. The number of hydrogen-bond donors (Lipinski definition) is 2. The quantitative estimate of drug-likeness (QED) is 0.854. The first-order chi connectivity index (χ1) is 10.2. The van der Waals surface area contributed by atoms with Gasteiger partial charge >= 0.3 is 0 Å². The highest BCUT2D eigenvalue weighted by molar-refractivity contribution is 7.71. The number of likely N-dealkylation sites (N-methyl/N-ethyl adjacent to an activating group) is 1. The lowest BCUT2D eigenvalue weighted by atomic mass is 10.2. The van der Waals surface area contributed by atoms with E-state index in [2.05, 4.69) is 27.1 Å². The minimum atomic E-state index is -0.213. The number of carbonyl (C=O) groups is 1. The van der Waals surface area contributed by atoms with Crippen molar-refractivity contribution in [1.29, 1.82) is 0 Å². The number of anilines is 1. The summed E-state index contributed by atoms with van der Waals surface area (Å²) in [5, 5.41) is 3.51. The van der Waals surface area contributed by atoms with Crippen molar-refractivity contribution >= 4 is 34.6 Å². The Kier molecular flexibility index (Phi) is 4.14. The lowest BCUT2D eigenvalue weighted by molar-refractivity contribution is 0.102. The van der Waals surface area contributed by atoms with Gasteiger partial charge in [-0.05, 0) is 18.7 Å². The fourth-order valence-electron chi connectivity index (χ4n) is 2.34. The number of aromatic nitrogens is 2. The van der Waals surface area contributed by atoms with Crippen LogP contribution in [-0.4, -0.2) is 33.9 Å². The van der Waals surface area contributed by atoms with Crippen LogP contribution in [0.1, 0.15) is 27.9 Å². The fourth-order valence-corrected chi connectivity index (χ4v) is 3.61. The van der Waals surface area contributed by atoms with E-state index in [0.29, 0.717) is 15.3 Å². The van der Waals surface area contributed by atoms with Crippen molar-refractivity contribution < 1.29 is 4.79 Å². The molecule has 2 N–H and O–H groups in total. The second-order valence-electron chi connectivity index (χ2n) is 4.87. The lowest BCUT2D eigenvalue weighted by Gasteiger charge is -2.23. The van der Waals surface area contributed by atoms with Crippen LogP contribution in [0.3, 0.4) is 0 Å². The number of pyridine rings is 1. The SMILES string of the molecule is CCN1CCc2nc(NC(=O)c3ccc[nH]c3=S)sc2C1. The summed E-state index contributed by atoms with van der Waals surface area (Å²) in [6, 6.07) is 3.47. The highest BCUT2D eigenvalue weighted by Crippen LogP contribution is 2.28. The number of fused-ring (bicyclic) bond motifs is 1. The molecule has 2 aromatic rings. The van der Waals surface area contributed by atoms with E-state index < -0.39 is 0 Å². The van der Waals surface area contributed by atoms with E-state index in [0.717, 1.165) is 31.7 Å². The molecule has 110 valence electrons. The summed E-state index contributed by atoms with van der Waals surface area (Å²) in [6.07, 6.45) is 2.65. The van der Waals surface area contributed by atoms with Crippen LogP contribution in [0.2, 0.25) is 0 Å². The first-order valence-electron chi connectivity index (χ1n) is 6.87. The average Bonchev–Trinajstić information content (AvgIpc) is 2.88. The number of nitrogens with one attached hydrogen (secondary N) is 2. The third kappa shape index (κ3) is 3.04. The molecule has 0 radical (unpaired) electrons. The molecular formula is C14H16N4OS2. The number of amides is 1. The Balaban J connectivity index is 1.78. The fraction of sp³-hybridized carbons (Fsp3) is 0.357. The second-order valence-corrected chi connectivity index (χ2v) is 6.37. The maximum absolute atomic E-state index is 12.2. The number of nitrogens with zero attached hydrogens (tertiary/aromatic N) is 2. The summed E-state index contributed by atoms with van der Waals surface area (Å²) in [4.78, 5) is 23.2. The summed E-state index contributed by atoms with van der Waals surface area (Å²) < 4.78 is 0.438. The summed E-state index contributed by atoms with van der Waals surface area (Å²) in [6.45, 7) is 5.15. The van der Waals surface area contributed by atoms with Gasteiger partial charge in [0.25, 0.3) is 5.91 Å². The van der Waals surface area contributed by atoms with Gasteiger partial charge in [-0.2, -0.15) is 0 Å². The Hall–Kier alpha value is -1.57. The van der Waals surface area contributed by atoms with Crippen molar-refractivity contribution in [1.82, 2.24) is 14.9 Å². The average molecular weight is 320 g/mol. The molecule has 3 heterocycles. The van der Waals surface area contributed by atoms with Crippen LogP contribution in [0.25, 0.3) is 0 Å². The molecule has 0 saturated heterocycles. The van der Waals surface area contributed by atoms with E-state index in [1.165, 1.54) is 4.88 Å². The summed E-state index contributed by atoms with van der Waals surface area (Å²) in [5.74, 6) is -0.213. The molecule has 21 heavy (non-hydrogen) atoms. The number of thiazole rings is 1. The van der Waals surface area contributed by atoms with E-state index in [-0.39, 0.29) is 5.91 Å². The molecule has 0 atom stereocenters. The molecule has 3 rings (SSSR count). The highest BCUT2D eigenvalue weighted by atomic mass is 32.1. The number of H-pyrrole nitrogens is 1. The first kappa shape index (κ1) is 14.4. The van der Waals surface area contributed by atoms with Crippen LogP contribution in [0.4, 0.5) is 5.13 Å². The Morgan fingerprint density at radius 1 is 1.62 bits per heavy atom. The molecule has 2 aromatic heterocycles. The third-order valence-electron chi connectivity index (χ3n) is 3.54. The summed E-state index contributed by atoms with van der Waals surface area (Å²) in [7, 11) is 0. The van der Waals surface area contributed by atoms with Crippen LogP contribution < -0.4 is 5.32 Å². The molecule has 0 saturated carbocycles. The topological polar surface area (TPSA) is 61.0 Å². The highest BCUT2D eigenvalue weighted by Gasteiger charge is 2.20. The minimum Gasteiger partial charge on any atom is -0.352 e. The first-order valence-corrected chi connectivity index (χ1v) is 8.10. The number of rotatable bonds is 3. The van der Waals surface area contributed by atoms with E-state index in [1.807, 2.05) is 0 Å². The largest absolute Gasteiger partial charge is 0.352 e. The molecule has 0 spiro atoms. The van der Waals surface area contributed by atoms with Gasteiger partial charge in [0, 0.05) is 30.6 Å². The van der Waals surface area contributed by atoms with Crippen LogP contribution in [0.15, 0.2) is 18.3 Å². The molecule has 7 heteroatoms. The van der Waals surface area contributed by atoms with Gasteiger partial charge < -0.3 is 4.98 Å². The predicted octanol–water partition coefficient (Wildman–Crippen LogP) is 2.83.